The predicted octanol–water partition coefficient (Wildman–Crippen LogP) is 1.46. The first-order valence-corrected chi connectivity index (χ1v) is 6.09. The zero-order chi connectivity index (χ0) is 13.8. The van der Waals surface area contributed by atoms with Gasteiger partial charge in [0.25, 0.3) is 0 Å². The van der Waals surface area contributed by atoms with E-state index in [-0.39, 0.29) is 23.0 Å². The standard InChI is InChI=1S/C10H10N4O4S/c1-5-12-7(18-14-5)4-11-10(17)13-8-6(9(15)16)2-3-19-8/h2-3H,4H2,1H3,(H,15,16)(H2,11,13,17). The predicted molar refractivity (Wildman–Crippen MR) is 66.2 cm³/mol. The van der Waals surface area contributed by atoms with Gasteiger partial charge in [0.05, 0.1) is 12.1 Å². The van der Waals surface area contributed by atoms with E-state index in [0.29, 0.717) is 5.82 Å². The molecular formula is C10H10N4O4S. The molecule has 100 valence electrons. The highest BCUT2D eigenvalue weighted by molar-refractivity contribution is 7.14. The van der Waals surface area contributed by atoms with Crippen LogP contribution in [0.4, 0.5) is 9.80 Å². The van der Waals surface area contributed by atoms with Crippen LogP contribution in [0.25, 0.3) is 0 Å². The van der Waals surface area contributed by atoms with E-state index in [1.165, 1.54) is 6.07 Å². The van der Waals surface area contributed by atoms with Crippen molar-refractivity contribution in [3.05, 3.63) is 28.7 Å². The number of nitrogens with zero attached hydrogens (tertiary/aromatic N) is 2. The first-order valence-electron chi connectivity index (χ1n) is 5.21. The largest absolute Gasteiger partial charge is 0.478 e. The van der Waals surface area contributed by atoms with Gasteiger partial charge in [-0.05, 0) is 18.4 Å². The number of amides is 2. The number of aromatic carboxylic acids is 1. The number of carboxylic acids is 1. The van der Waals surface area contributed by atoms with E-state index < -0.39 is 12.0 Å². The van der Waals surface area contributed by atoms with Gasteiger partial charge in [-0.2, -0.15) is 4.98 Å². The third kappa shape index (κ3) is 3.28. The molecule has 0 unspecified atom stereocenters. The van der Waals surface area contributed by atoms with Gasteiger partial charge in [0.1, 0.15) is 5.00 Å². The van der Waals surface area contributed by atoms with Gasteiger partial charge in [-0.3, -0.25) is 5.32 Å². The Kier molecular flexibility index (Phi) is 3.76. The summed E-state index contributed by atoms with van der Waals surface area (Å²) in [5.74, 6) is -0.343. The average molecular weight is 282 g/mol. The molecule has 19 heavy (non-hydrogen) atoms. The van der Waals surface area contributed by atoms with Gasteiger partial charge < -0.3 is 14.9 Å². The van der Waals surface area contributed by atoms with Gasteiger partial charge in [0.15, 0.2) is 5.82 Å². The number of nitrogens with one attached hydrogen (secondary N) is 2. The molecule has 0 spiro atoms. The van der Waals surface area contributed by atoms with Crippen molar-refractivity contribution in [2.24, 2.45) is 0 Å². The third-order valence-electron chi connectivity index (χ3n) is 2.09. The van der Waals surface area contributed by atoms with Crippen LogP contribution in [0.2, 0.25) is 0 Å². The van der Waals surface area contributed by atoms with Crippen molar-refractivity contribution >= 4 is 28.3 Å². The van der Waals surface area contributed by atoms with E-state index in [0.717, 1.165) is 11.3 Å². The Labute approximate surface area is 111 Å². The molecule has 8 nitrogen and oxygen atoms in total. The fourth-order valence-corrected chi connectivity index (χ4v) is 2.06. The number of rotatable bonds is 4. The molecule has 0 aliphatic heterocycles. The second-order valence-corrected chi connectivity index (χ2v) is 4.43. The van der Waals surface area contributed by atoms with E-state index in [1.807, 2.05) is 0 Å². The molecular weight excluding hydrogens is 272 g/mol. The highest BCUT2D eigenvalue weighted by Gasteiger charge is 2.14. The summed E-state index contributed by atoms with van der Waals surface area (Å²) in [4.78, 5) is 26.3. The topological polar surface area (TPSA) is 117 Å². The minimum absolute atomic E-state index is 0.0498. The molecule has 2 amide bonds. The maximum atomic E-state index is 11.6. The molecule has 0 bridgehead atoms. The van der Waals surface area contributed by atoms with E-state index in [9.17, 15) is 9.59 Å². The van der Waals surface area contributed by atoms with Gasteiger partial charge in [0, 0.05) is 0 Å². The number of carbonyl (C=O) groups is 2. The zero-order valence-corrected chi connectivity index (χ0v) is 10.7. The van der Waals surface area contributed by atoms with Crippen molar-refractivity contribution < 1.29 is 19.2 Å². The molecule has 0 atom stereocenters. The molecule has 2 heterocycles. The lowest BCUT2D eigenvalue weighted by molar-refractivity contribution is 0.0698. The first kappa shape index (κ1) is 13.0. The second-order valence-electron chi connectivity index (χ2n) is 3.51. The van der Waals surface area contributed by atoms with Crippen molar-refractivity contribution in [1.29, 1.82) is 0 Å². The fraction of sp³-hybridized carbons (Fsp3) is 0.200. The highest BCUT2D eigenvalue weighted by Crippen LogP contribution is 2.22. The summed E-state index contributed by atoms with van der Waals surface area (Å²) >= 11 is 1.13. The Morgan fingerprint density at radius 3 is 2.95 bits per heavy atom. The van der Waals surface area contributed by atoms with Crippen molar-refractivity contribution in [2.45, 2.75) is 13.5 Å². The lowest BCUT2D eigenvalue weighted by Crippen LogP contribution is -2.28. The maximum Gasteiger partial charge on any atom is 0.338 e. The average Bonchev–Trinajstić information content (AvgIpc) is 2.95. The van der Waals surface area contributed by atoms with Crippen LogP contribution in [0.1, 0.15) is 22.1 Å². The van der Waals surface area contributed by atoms with E-state index in [1.54, 1.807) is 12.3 Å². The fourth-order valence-electron chi connectivity index (χ4n) is 1.29. The molecule has 9 heteroatoms. The Morgan fingerprint density at radius 2 is 2.32 bits per heavy atom. The van der Waals surface area contributed by atoms with Gasteiger partial charge in [0.2, 0.25) is 5.89 Å². The van der Waals surface area contributed by atoms with Crippen LogP contribution >= 0.6 is 11.3 Å². The molecule has 3 N–H and O–H groups in total. The van der Waals surface area contributed by atoms with E-state index in [4.69, 9.17) is 9.63 Å². The summed E-state index contributed by atoms with van der Waals surface area (Å²) in [6.45, 7) is 1.73. The Morgan fingerprint density at radius 1 is 1.53 bits per heavy atom. The van der Waals surface area contributed by atoms with Crippen molar-refractivity contribution in [1.82, 2.24) is 15.5 Å². The SMILES string of the molecule is Cc1noc(CNC(=O)Nc2sccc2C(=O)O)n1. The minimum atomic E-state index is -1.09. The molecule has 0 radical (unpaired) electrons. The van der Waals surface area contributed by atoms with Gasteiger partial charge in [-0.1, -0.05) is 5.16 Å². The molecule has 2 rings (SSSR count). The number of carboxylic acid groups (broad SMARTS) is 1. The van der Waals surface area contributed by atoms with Crippen molar-refractivity contribution in [3.63, 3.8) is 0 Å². The molecule has 2 aromatic rings. The first-order chi connectivity index (χ1) is 9.06. The summed E-state index contributed by atoms with van der Waals surface area (Å²) in [5, 5.41) is 19.2. The Hall–Kier alpha value is -2.42. The van der Waals surface area contributed by atoms with E-state index >= 15 is 0 Å². The van der Waals surface area contributed by atoms with Crippen LogP contribution in [0, 0.1) is 6.92 Å². The molecule has 0 saturated carbocycles. The third-order valence-corrected chi connectivity index (χ3v) is 2.92. The quantitative estimate of drug-likeness (QED) is 0.781. The minimum Gasteiger partial charge on any atom is -0.478 e. The lowest BCUT2D eigenvalue weighted by Gasteiger charge is -2.04. The number of hydrogen-bond acceptors (Lipinski definition) is 6. The normalized spacial score (nSPS) is 10.2. The molecule has 0 fully saturated rings. The van der Waals surface area contributed by atoms with E-state index in [2.05, 4.69) is 20.8 Å². The summed E-state index contributed by atoms with van der Waals surface area (Å²) in [5.41, 5.74) is 0.0498. The second kappa shape index (κ2) is 5.48. The van der Waals surface area contributed by atoms with Crippen molar-refractivity contribution in [3.8, 4) is 0 Å². The number of urea groups is 1. The molecule has 0 aliphatic carbocycles. The Bertz CT molecular complexity index is 606. The molecule has 0 saturated heterocycles. The number of hydrogen-bond donors (Lipinski definition) is 3. The molecule has 0 aromatic carbocycles. The zero-order valence-electron chi connectivity index (χ0n) is 9.84. The van der Waals surface area contributed by atoms with Crippen LogP contribution in [0.5, 0.6) is 0 Å². The number of thiophene rings is 1. The maximum absolute atomic E-state index is 11.6. The van der Waals surface area contributed by atoms with Crippen LogP contribution in [-0.2, 0) is 6.54 Å². The monoisotopic (exact) mass is 282 g/mol. The van der Waals surface area contributed by atoms with Gasteiger partial charge in [-0.15, -0.1) is 11.3 Å². The van der Waals surface area contributed by atoms with Gasteiger partial charge in [-0.25, -0.2) is 9.59 Å². The summed E-state index contributed by atoms with van der Waals surface area (Å²) in [6, 6.07) is 0.880. The van der Waals surface area contributed by atoms with Crippen LogP contribution in [0.3, 0.4) is 0 Å². The molecule has 2 aromatic heterocycles. The van der Waals surface area contributed by atoms with Crippen LogP contribution < -0.4 is 10.6 Å². The molecule has 0 aliphatic rings. The smallest absolute Gasteiger partial charge is 0.338 e. The Balaban J connectivity index is 1.90. The number of aromatic nitrogens is 2. The highest BCUT2D eigenvalue weighted by atomic mass is 32.1. The van der Waals surface area contributed by atoms with Crippen molar-refractivity contribution in [2.75, 3.05) is 5.32 Å². The summed E-state index contributed by atoms with van der Waals surface area (Å²) in [7, 11) is 0. The van der Waals surface area contributed by atoms with Crippen LogP contribution in [0.15, 0.2) is 16.0 Å². The number of anilines is 1. The number of aryl methyl sites for hydroxylation is 1. The van der Waals surface area contributed by atoms with Gasteiger partial charge >= 0.3 is 12.0 Å². The summed E-state index contributed by atoms with van der Waals surface area (Å²) in [6.07, 6.45) is 0. The van der Waals surface area contributed by atoms with Crippen LogP contribution in [-0.4, -0.2) is 27.2 Å². The number of carbonyl (C=O) groups excluding carboxylic acids is 1. The summed E-state index contributed by atoms with van der Waals surface area (Å²) < 4.78 is 4.82. The lowest BCUT2D eigenvalue weighted by atomic mass is 10.3.